The number of nitrogens with one attached hydrogen (secondary N) is 2. The lowest BCUT2D eigenvalue weighted by atomic mass is 9.85. The van der Waals surface area contributed by atoms with E-state index in [1.807, 2.05) is 0 Å². The van der Waals surface area contributed by atoms with Crippen molar-refractivity contribution in [3.63, 3.8) is 0 Å². The van der Waals surface area contributed by atoms with Crippen molar-refractivity contribution in [2.75, 3.05) is 26.2 Å². The Balaban J connectivity index is 0.000000902. The Morgan fingerprint density at radius 3 is 2.32 bits per heavy atom. The number of rotatable bonds is 1. The third-order valence-electron chi connectivity index (χ3n) is 5.08. The minimum atomic E-state index is -2.41. The van der Waals surface area contributed by atoms with Gasteiger partial charge in [0.25, 0.3) is 5.92 Å². The van der Waals surface area contributed by atoms with Gasteiger partial charge in [-0.1, -0.05) is 0 Å². The molecular formula is C13H24Cl2F2N2. The lowest BCUT2D eigenvalue weighted by molar-refractivity contribution is 0.0441. The molecule has 19 heavy (non-hydrogen) atoms. The summed E-state index contributed by atoms with van der Waals surface area (Å²) in [6.45, 7) is 3.37. The van der Waals surface area contributed by atoms with E-state index in [9.17, 15) is 8.78 Å². The minimum Gasteiger partial charge on any atom is -0.317 e. The van der Waals surface area contributed by atoms with Crippen LogP contribution >= 0.6 is 24.8 Å². The molecule has 0 aromatic carbocycles. The van der Waals surface area contributed by atoms with E-state index < -0.39 is 11.3 Å². The van der Waals surface area contributed by atoms with Crippen LogP contribution in [-0.2, 0) is 0 Å². The van der Waals surface area contributed by atoms with Gasteiger partial charge >= 0.3 is 0 Å². The van der Waals surface area contributed by atoms with Gasteiger partial charge < -0.3 is 10.6 Å². The summed E-state index contributed by atoms with van der Waals surface area (Å²) >= 11 is 0. The van der Waals surface area contributed by atoms with Crippen LogP contribution in [0.25, 0.3) is 0 Å². The van der Waals surface area contributed by atoms with E-state index in [4.69, 9.17) is 0 Å². The summed E-state index contributed by atoms with van der Waals surface area (Å²) in [5.41, 5.74) is -0.680. The van der Waals surface area contributed by atoms with Crippen molar-refractivity contribution in [1.29, 1.82) is 0 Å². The highest BCUT2D eigenvalue weighted by atomic mass is 35.5. The number of halogens is 4. The molecule has 3 aliphatic rings. The van der Waals surface area contributed by atoms with E-state index in [1.54, 1.807) is 0 Å². The average molecular weight is 317 g/mol. The summed E-state index contributed by atoms with van der Waals surface area (Å²) in [6, 6.07) is 0. The molecule has 3 fully saturated rings. The molecule has 1 spiro atoms. The van der Waals surface area contributed by atoms with E-state index in [1.165, 1.54) is 0 Å². The van der Waals surface area contributed by atoms with E-state index in [2.05, 4.69) is 10.6 Å². The molecule has 0 aromatic heterocycles. The zero-order valence-corrected chi connectivity index (χ0v) is 12.7. The Bertz CT molecular complexity index is 288. The standard InChI is InChI=1S/C13H22F2N2.2ClH/c14-13(15)11(10-3-1-6-16-8-4-10)12(13)5-2-7-17-9-12;;/h10-11,16-17H,1-9H2;2*1H. The molecule has 3 unspecified atom stereocenters. The van der Waals surface area contributed by atoms with Gasteiger partial charge in [-0.15, -0.1) is 24.8 Å². The van der Waals surface area contributed by atoms with Gasteiger partial charge in [0.2, 0.25) is 0 Å². The first-order valence-corrected chi connectivity index (χ1v) is 6.98. The largest absolute Gasteiger partial charge is 0.317 e. The summed E-state index contributed by atoms with van der Waals surface area (Å²) in [6.07, 6.45) is 4.61. The molecule has 1 aliphatic carbocycles. The van der Waals surface area contributed by atoms with E-state index in [0.29, 0.717) is 6.54 Å². The van der Waals surface area contributed by atoms with Crippen molar-refractivity contribution in [3.8, 4) is 0 Å². The maximum atomic E-state index is 14.2. The van der Waals surface area contributed by atoms with Crippen LogP contribution in [0.4, 0.5) is 8.78 Å². The fraction of sp³-hybridized carbons (Fsp3) is 1.00. The van der Waals surface area contributed by atoms with Gasteiger partial charge in [0.1, 0.15) is 0 Å². The van der Waals surface area contributed by atoms with Gasteiger partial charge in [0, 0.05) is 12.5 Å². The lowest BCUT2D eigenvalue weighted by Gasteiger charge is -2.24. The Hall–Kier alpha value is 0.360. The molecule has 2 N–H and O–H groups in total. The third kappa shape index (κ3) is 2.74. The quantitative estimate of drug-likeness (QED) is 0.777. The molecule has 2 nitrogen and oxygen atoms in total. The molecule has 2 saturated heterocycles. The van der Waals surface area contributed by atoms with Crippen molar-refractivity contribution in [1.82, 2.24) is 10.6 Å². The molecule has 0 bridgehead atoms. The molecule has 2 heterocycles. The Morgan fingerprint density at radius 2 is 1.63 bits per heavy atom. The molecule has 3 rings (SSSR count). The van der Waals surface area contributed by atoms with Crippen LogP contribution in [0.15, 0.2) is 0 Å². The number of hydrogen-bond donors (Lipinski definition) is 2. The monoisotopic (exact) mass is 316 g/mol. The van der Waals surface area contributed by atoms with Crippen LogP contribution in [-0.4, -0.2) is 32.1 Å². The molecule has 114 valence electrons. The van der Waals surface area contributed by atoms with Crippen LogP contribution in [0.1, 0.15) is 32.1 Å². The summed E-state index contributed by atoms with van der Waals surface area (Å²) in [7, 11) is 0. The van der Waals surface area contributed by atoms with Crippen molar-refractivity contribution >= 4 is 24.8 Å². The Kier molecular flexibility index (Phi) is 5.88. The highest BCUT2D eigenvalue weighted by Gasteiger charge is 2.80. The summed E-state index contributed by atoms with van der Waals surface area (Å²) in [5.74, 6) is -2.52. The SMILES string of the molecule is Cl.Cl.FC1(F)C(C2CCCNCC2)C12CCCNC2. The van der Waals surface area contributed by atoms with Crippen LogP contribution in [0.2, 0.25) is 0 Å². The normalized spacial score (nSPS) is 40.7. The maximum Gasteiger partial charge on any atom is 0.259 e. The second kappa shape index (κ2) is 6.42. The van der Waals surface area contributed by atoms with Crippen molar-refractivity contribution in [3.05, 3.63) is 0 Å². The number of piperidine rings is 1. The average Bonchev–Trinajstić information content (AvgIpc) is 2.90. The molecule has 1 saturated carbocycles. The van der Waals surface area contributed by atoms with Crippen LogP contribution in [0, 0.1) is 17.3 Å². The minimum absolute atomic E-state index is 0. The second-order valence-corrected chi connectivity index (χ2v) is 5.98. The fourth-order valence-corrected chi connectivity index (χ4v) is 4.15. The van der Waals surface area contributed by atoms with E-state index in [-0.39, 0.29) is 36.6 Å². The third-order valence-corrected chi connectivity index (χ3v) is 5.08. The highest BCUT2D eigenvalue weighted by Crippen LogP contribution is 2.72. The molecule has 6 heteroatoms. The van der Waals surface area contributed by atoms with E-state index >= 15 is 0 Å². The molecule has 0 aromatic rings. The molecule has 2 aliphatic heterocycles. The topological polar surface area (TPSA) is 24.1 Å². The summed E-state index contributed by atoms with van der Waals surface area (Å²) in [5, 5.41) is 6.50. The summed E-state index contributed by atoms with van der Waals surface area (Å²) < 4.78 is 28.4. The lowest BCUT2D eigenvalue weighted by Crippen LogP contribution is -2.35. The van der Waals surface area contributed by atoms with Crippen molar-refractivity contribution in [2.45, 2.75) is 38.0 Å². The maximum absolute atomic E-state index is 14.2. The molecule has 3 atom stereocenters. The summed E-state index contributed by atoms with van der Waals surface area (Å²) in [4.78, 5) is 0. The van der Waals surface area contributed by atoms with Crippen LogP contribution in [0.3, 0.4) is 0 Å². The predicted octanol–water partition coefficient (Wildman–Crippen LogP) is 2.85. The predicted molar refractivity (Wildman–Crippen MR) is 77.7 cm³/mol. The van der Waals surface area contributed by atoms with E-state index in [0.717, 1.165) is 51.7 Å². The fourth-order valence-electron chi connectivity index (χ4n) is 4.15. The van der Waals surface area contributed by atoms with Gasteiger partial charge in [0.05, 0.1) is 5.41 Å². The highest BCUT2D eigenvalue weighted by molar-refractivity contribution is 5.85. The second-order valence-electron chi connectivity index (χ2n) is 5.98. The van der Waals surface area contributed by atoms with Crippen molar-refractivity contribution < 1.29 is 8.78 Å². The van der Waals surface area contributed by atoms with Gasteiger partial charge in [-0.3, -0.25) is 0 Å². The molecule has 0 amide bonds. The first-order valence-electron chi connectivity index (χ1n) is 6.98. The van der Waals surface area contributed by atoms with Crippen molar-refractivity contribution in [2.24, 2.45) is 17.3 Å². The first-order chi connectivity index (χ1) is 8.18. The van der Waals surface area contributed by atoms with Gasteiger partial charge in [0.15, 0.2) is 0 Å². The Morgan fingerprint density at radius 1 is 0.895 bits per heavy atom. The first kappa shape index (κ1) is 17.4. The van der Waals surface area contributed by atoms with Crippen LogP contribution < -0.4 is 10.6 Å². The molecular weight excluding hydrogens is 293 g/mol. The van der Waals surface area contributed by atoms with Gasteiger partial charge in [-0.05, 0) is 57.7 Å². The zero-order chi connectivity index (χ0) is 11.9. The smallest absolute Gasteiger partial charge is 0.259 e. The number of hydrogen-bond acceptors (Lipinski definition) is 2. The number of alkyl halides is 2. The van der Waals surface area contributed by atoms with Gasteiger partial charge in [-0.2, -0.15) is 0 Å². The van der Waals surface area contributed by atoms with Gasteiger partial charge in [-0.25, -0.2) is 8.78 Å². The molecule has 0 radical (unpaired) electrons. The zero-order valence-electron chi connectivity index (χ0n) is 11.1. The Labute approximate surface area is 126 Å². The van der Waals surface area contributed by atoms with Crippen LogP contribution in [0.5, 0.6) is 0 Å².